The first kappa shape index (κ1) is 19.9. The van der Waals surface area contributed by atoms with Crippen molar-refractivity contribution in [1.82, 2.24) is 4.90 Å². The maximum atomic E-state index is 14.0. The molecule has 2 aromatic carbocycles. The van der Waals surface area contributed by atoms with E-state index in [1.54, 1.807) is 26.0 Å². The highest BCUT2D eigenvalue weighted by Gasteiger charge is 2.28. The smallest absolute Gasteiger partial charge is 0.225 e. The number of carbonyl (C=O) groups excluding carboxylic acids is 1. The lowest BCUT2D eigenvalue weighted by Gasteiger charge is -2.26. The van der Waals surface area contributed by atoms with Gasteiger partial charge in [0.15, 0.2) is 6.10 Å². The molecule has 7 heteroatoms. The number of carbonyl (C=O) groups is 1. The van der Waals surface area contributed by atoms with E-state index in [-0.39, 0.29) is 36.3 Å². The molecule has 3 rings (SSSR count). The zero-order valence-corrected chi connectivity index (χ0v) is 15.7. The lowest BCUT2D eigenvalue weighted by Crippen LogP contribution is -2.39. The van der Waals surface area contributed by atoms with E-state index in [9.17, 15) is 18.0 Å². The lowest BCUT2D eigenvalue weighted by molar-refractivity contribution is -0.137. The van der Waals surface area contributed by atoms with Crippen molar-refractivity contribution in [2.24, 2.45) is 11.1 Å². The lowest BCUT2D eigenvalue weighted by atomic mass is 10.0. The Kier molecular flexibility index (Phi) is 6.02. The molecule has 0 saturated carbocycles. The summed E-state index contributed by atoms with van der Waals surface area (Å²) in [5.74, 6) is -2.21. The summed E-state index contributed by atoms with van der Waals surface area (Å²) in [7, 11) is 0. The first-order chi connectivity index (χ1) is 13.3. The SMILES string of the molecule is CC(C)C(=O)N(Cc1ccc(F)cc1F)C[C@H]1CC(c2cccc(F)c2)=NO1. The van der Waals surface area contributed by atoms with Crippen LogP contribution >= 0.6 is 0 Å². The monoisotopic (exact) mass is 390 g/mol. The zero-order chi connectivity index (χ0) is 20.3. The molecule has 4 nitrogen and oxygen atoms in total. The number of hydrogen-bond donors (Lipinski definition) is 0. The number of nitrogens with zero attached hydrogens (tertiary/aromatic N) is 2. The normalized spacial score (nSPS) is 16.1. The Bertz CT molecular complexity index is 899. The number of halogens is 3. The Balaban J connectivity index is 1.71. The Labute approximate surface area is 161 Å². The third-order valence-corrected chi connectivity index (χ3v) is 4.50. The fraction of sp³-hybridized carbons (Fsp3) is 0.333. The minimum absolute atomic E-state index is 0.00170. The van der Waals surface area contributed by atoms with Crippen molar-refractivity contribution in [3.63, 3.8) is 0 Å². The standard InChI is InChI=1S/C21H21F3N2O2/c1-13(2)21(27)26(11-15-6-7-17(23)9-19(15)24)12-18-10-20(25-28-18)14-4-3-5-16(22)8-14/h3-9,13,18H,10-12H2,1-2H3/t18-/m1/s1. The van der Waals surface area contributed by atoms with Crippen molar-refractivity contribution in [1.29, 1.82) is 0 Å². The van der Waals surface area contributed by atoms with Gasteiger partial charge in [-0.15, -0.1) is 0 Å². The minimum atomic E-state index is -0.703. The van der Waals surface area contributed by atoms with E-state index >= 15 is 0 Å². The quantitative estimate of drug-likeness (QED) is 0.739. The summed E-state index contributed by atoms with van der Waals surface area (Å²) in [6.07, 6.45) is -0.0264. The topological polar surface area (TPSA) is 41.9 Å². The highest BCUT2D eigenvalue weighted by molar-refractivity contribution is 6.01. The van der Waals surface area contributed by atoms with Crippen LogP contribution in [0.2, 0.25) is 0 Å². The van der Waals surface area contributed by atoms with Crippen molar-refractivity contribution < 1.29 is 22.8 Å². The van der Waals surface area contributed by atoms with E-state index in [1.807, 2.05) is 0 Å². The van der Waals surface area contributed by atoms with Gasteiger partial charge in [-0.1, -0.05) is 37.2 Å². The largest absolute Gasteiger partial charge is 0.390 e. The molecule has 1 atom stereocenters. The molecule has 28 heavy (non-hydrogen) atoms. The van der Waals surface area contributed by atoms with Gasteiger partial charge in [-0.2, -0.15) is 0 Å². The first-order valence-corrected chi connectivity index (χ1v) is 9.05. The third kappa shape index (κ3) is 4.71. The van der Waals surface area contributed by atoms with E-state index in [0.29, 0.717) is 17.7 Å². The molecule has 0 aromatic heterocycles. The molecule has 1 amide bonds. The molecule has 0 radical (unpaired) electrons. The fourth-order valence-electron chi connectivity index (χ4n) is 3.06. The average Bonchev–Trinajstić information content (AvgIpc) is 3.11. The Morgan fingerprint density at radius 1 is 1.18 bits per heavy atom. The second kappa shape index (κ2) is 8.46. The van der Waals surface area contributed by atoms with Crippen molar-refractivity contribution >= 4 is 11.6 Å². The average molecular weight is 390 g/mol. The van der Waals surface area contributed by atoms with E-state index in [2.05, 4.69) is 5.16 Å². The van der Waals surface area contributed by atoms with Gasteiger partial charge in [0.1, 0.15) is 17.5 Å². The summed E-state index contributed by atoms with van der Waals surface area (Å²) < 4.78 is 40.6. The van der Waals surface area contributed by atoms with Crippen LogP contribution in [0, 0.1) is 23.4 Å². The molecule has 0 spiro atoms. The van der Waals surface area contributed by atoms with Gasteiger partial charge in [-0.3, -0.25) is 4.79 Å². The first-order valence-electron chi connectivity index (χ1n) is 9.05. The summed E-state index contributed by atoms with van der Waals surface area (Å²) in [5.41, 5.74) is 1.43. The molecule has 2 aromatic rings. The van der Waals surface area contributed by atoms with Gasteiger partial charge >= 0.3 is 0 Å². The van der Waals surface area contributed by atoms with Gasteiger partial charge in [0.2, 0.25) is 5.91 Å². The van der Waals surface area contributed by atoms with Crippen LogP contribution in [0.3, 0.4) is 0 Å². The molecule has 0 unspecified atom stereocenters. The number of benzene rings is 2. The van der Waals surface area contributed by atoms with E-state index < -0.39 is 17.7 Å². The molecule has 0 saturated heterocycles. The van der Waals surface area contributed by atoms with Crippen LogP contribution < -0.4 is 0 Å². The predicted molar refractivity (Wildman–Crippen MR) is 99.0 cm³/mol. The van der Waals surface area contributed by atoms with Gasteiger partial charge in [0.05, 0.1) is 12.3 Å². The van der Waals surface area contributed by atoms with E-state index in [4.69, 9.17) is 4.84 Å². The van der Waals surface area contributed by atoms with Crippen molar-refractivity contribution in [3.8, 4) is 0 Å². The van der Waals surface area contributed by atoms with Crippen molar-refractivity contribution in [2.45, 2.75) is 32.9 Å². The molecule has 0 aliphatic carbocycles. The Morgan fingerprint density at radius 3 is 2.61 bits per heavy atom. The number of hydrogen-bond acceptors (Lipinski definition) is 3. The van der Waals surface area contributed by atoms with Gasteiger partial charge in [-0.05, 0) is 18.2 Å². The minimum Gasteiger partial charge on any atom is -0.390 e. The van der Waals surface area contributed by atoms with Crippen LogP contribution in [0.5, 0.6) is 0 Å². The van der Waals surface area contributed by atoms with Crippen LogP contribution in [0.4, 0.5) is 13.2 Å². The second-order valence-corrected chi connectivity index (χ2v) is 7.09. The fourth-order valence-corrected chi connectivity index (χ4v) is 3.06. The second-order valence-electron chi connectivity index (χ2n) is 7.09. The van der Waals surface area contributed by atoms with E-state index in [1.165, 1.54) is 23.1 Å². The molecule has 148 valence electrons. The summed E-state index contributed by atoms with van der Waals surface area (Å²) in [6, 6.07) is 9.33. The van der Waals surface area contributed by atoms with E-state index in [0.717, 1.165) is 12.1 Å². The number of rotatable bonds is 6. The molecule has 0 fully saturated rings. The Morgan fingerprint density at radius 2 is 1.93 bits per heavy atom. The van der Waals surface area contributed by atoms with Crippen LogP contribution in [0.1, 0.15) is 31.4 Å². The molecular weight excluding hydrogens is 369 g/mol. The Hall–Kier alpha value is -2.83. The van der Waals surface area contributed by atoms with Crippen molar-refractivity contribution in [3.05, 3.63) is 71.0 Å². The third-order valence-electron chi connectivity index (χ3n) is 4.50. The van der Waals surface area contributed by atoms with Crippen LogP contribution in [-0.2, 0) is 16.2 Å². The number of amides is 1. The van der Waals surface area contributed by atoms with Gasteiger partial charge < -0.3 is 9.74 Å². The summed E-state index contributed by atoms with van der Waals surface area (Å²) >= 11 is 0. The molecule has 1 heterocycles. The summed E-state index contributed by atoms with van der Waals surface area (Å²) in [5, 5.41) is 4.01. The molecule has 0 bridgehead atoms. The number of oxime groups is 1. The molecular formula is C21H21F3N2O2. The molecule has 0 N–H and O–H groups in total. The highest BCUT2D eigenvalue weighted by atomic mass is 19.1. The summed E-state index contributed by atoms with van der Waals surface area (Å²) in [4.78, 5) is 19.5. The van der Waals surface area contributed by atoms with Gasteiger partial charge in [-0.25, -0.2) is 13.2 Å². The summed E-state index contributed by atoms with van der Waals surface area (Å²) in [6.45, 7) is 3.69. The van der Waals surface area contributed by atoms with Gasteiger partial charge in [0.25, 0.3) is 0 Å². The van der Waals surface area contributed by atoms with Crippen LogP contribution in [0.25, 0.3) is 0 Å². The maximum Gasteiger partial charge on any atom is 0.225 e. The predicted octanol–water partition coefficient (Wildman–Crippen LogP) is 4.28. The van der Waals surface area contributed by atoms with Gasteiger partial charge in [0, 0.05) is 36.1 Å². The highest BCUT2D eigenvalue weighted by Crippen LogP contribution is 2.21. The van der Waals surface area contributed by atoms with Crippen molar-refractivity contribution in [2.75, 3.05) is 6.54 Å². The molecule has 1 aliphatic rings. The maximum absolute atomic E-state index is 14.0. The van der Waals surface area contributed by atoms with Crippen LogP contribution in [-0.4, -0.2) is 29.2 Å². The molecule has 1 aliphatic heterocycles. The van der Waals surface area contributed by atoms with Crippen LogP contribution in [0.15, 0.2) is 47.6 Å². The zero-order valence-electron chi connectivity index (χ0n) is 15.7.